The van der Waals surface area contributed by atoms with Gasteiger partial charge in [-0.3, -0.25) is 14.3 Å². The van der Waals surface area contributed by atoms with E-state index in [1.54, 1.807) is 7.05 Å². The summed E-state index contributed by atoms with van der Waals surface area (Å²) in [5.41, 5.74) is 1.77. The van der Waals surface area contributed by atoms with E-state index < -0.39 is 5.41 Å². The lowest BCUT2D eigenvalue weighted by Crippen LogP contribution is -2.49. The molecule has 0 aliphatic carbocycles. The summed E-state index contributed by atoms with van der Waals surface area (Å²) in [5.74, 6) is 0.226. The zero-order valence-electron chi connectivity index (χ0n) is 14.8. The lowest BCUT2D eigenvalue weighted by atomic mass is 9.73. The van der Waals surface area contributed by atoms with E-state index >= 15 is 0 Å². The van der Waals surface area contributed by atoms with Gasteiger partial charge < -0.3 is 15.0 Å². The molecule has 3 aliphatic heterocycles. The van der Waals surface area contributed by atoms with Crippen LogP contribution in [0.25, 0.3) is 0 Å². The van der Waals surface area contributed by atoms with Crippen molar-refractivity contribution in [2.24, 2.45) is 11.3 Å². The van der Waals surface area contributed by atoms with Crippen molar-refractivity contribution in [3.05, 3.63) is 17.5 Å². The van der Waals surface area contributed by atoms with E-state index in [0.717, 1.165) is 31.4 Å². The lowest BCUT2D eigenvalue weighted by molar-refractivity contribution is -0.139. The predicted molar refractivity (Wildman–Crippen MR) is 90.9 cm³/mol. The summed E-state index contributed by atoms with van der Waals surface area (Å²) in [7, 11) is 1.67. The highest BCUT2D eigenvalue weighted by molar-refractivity contribution is 5.86. The second-order valence-electron chi connectivity index (χ2n) is 7.50. The van der Waals surface area contributed by atoms with E-state index in [2.05, 4.69) is 10.4 Å². The van der Waals surface area contributed by atoms with Crippen LogP contribution in [0, 0.1) is 11.3 Å². The SMILES string of the molecule is CNC(=O)[C@]12CCOC[C@H]1CN(C(=O)Cc1cnn3c1CCCC3)C2. The fraction of sp³-hybridized carbons (Fsp3) is 0.722. The number of amides is 2. The van der Waals surface area contributed by atoms with Gasteiger partial charge in [0, 0.05) is 50.5 Å². The summed E-state index contributed by atoms with van der Waals surface area (Å²) < 4.78 is 7.62. The van der Waals surface area contributed by atoms with E-state index in [0.29, 0.717) is 39.1 Å². The van der Waals surface area contributed by atoms with Crippen LogP contribution in [0.2, 0.25) is 0 Å². The third kappa shape index (κ3) is 2.74. The van der Waals surface area contributed by atoms with Gasteiger partial charge in [-0.1, -0.05) is 0 Å². The molecule has 25 heavy (non-hydrogen) atoms. The molecule has 4 heterocycles. The number of aryl methyl sites for hydroxylation is 1. The number of ether oxygens (including phenoxy) is 1. The van der Waals surface area contributed by atoms with Crippen molar-refractivity contribution in [2.45, 2.75) is 38.6 Å². The number of carbonyl (C=O) groups excluding carboxylic acids is 2. The topological polar surface area (TPSA) is 76.5 Å². The van der Waals surface area contributed by atoms with E-state index in [9.17, 15) is 9.59 Å². The summed E-state index contributed by atoms with van der Waals surface area (Å²) in [6.07, 6.45) is 6.23. The van der Waals surface area contributed by atoms with Gasteiger partial charge in [0.15, 0.2) is 0 Å². The van der Waals surface area contributed by atoms with Gasteiger partial charge in [0.2, 0.25) is 11.8 Å². The number of nitrogens with zero attached hydrogens (tertiary/aromatic N) is 3. The second-order valence-corrected chi connectivity index (χ2v) is 7.50. The van der Waals surface area contributed by atoms with Crippen LogP contribution in [0.4, 0.5) is 0 Å². The van der Waals surface area contributed by atoms with Crippen molar-refractivity contribution >= 4 is 11.8 Å². The van der Waals surface area contributed by atoms with E-state index in [-0.39, 0.29) is 17.7 Å². The summed E-state index contributed by atoms with van der Waals surface area (Å²) >= 11 is 0. The van der Waals surface area contributed by atoms with E-state index in [1.807, 2.05) is 15.8 Å². The quantitative estimate of drug-likeness (QED) is 0.858. The first-order chi connectivity index (χ1) is 12.1. The van der Waals surface area contributed by atoms with Crippen LogP contribution >= 0.6 is 0 Å². The Balaban J connectivity index is 1.50. The zero-order chi connectivity index (χ0) is 17.4. The van der Waals surface area contributed by atoms with Crippen LogP contribution in [0.3, 0.4) is 0 Å². The molecule has 0 unspecified atom stereocenters. The Morgan fingerprint density at radius 1 is 1.44 bits per heavy atom. The Bertz CT molecular complexity index is 686. The molecule has 0 saturated carbocycles. The second kappa shape index (κ2) is 6.44. The molecule has 136 valence electrons. The third-order valence-corrected chi connectivity index (χ3v) is 6.15. The zero-order valence-corrected chi connectivity index (χ0v) is 14.8. The molecule has 0 aromatic carbocycles. The minimum Gasteiger partial charge on any atom is -0.381 e. The molecular weight excluding hydrogens is 320 g/mol. The highest BCUT2D eigenvalue weighted by Crippen LogP contribution is 2.42. The summed E-state index contributed by atoms with van der Waals surface area (Å²) in [4.78, 5) is 27.3. The molecule has 0 bridgehead atoms. The van der Waals surface area contributed by atoms with Crippen molar-refractivity contribution in [1.29, 1.82) is 0 Å². The number of likely N-dealkylation sites (tertiary alicyclic amines) is 1. The van der Waals surface area contributed by atoms with Gasteiger partial charge in [-0.05, 0) is 25.7 Å². The first-order valence-electron chi connectivity index (χ1n) is 9.25. The van der Waals surface area contributed by atoms with Crippen molar-refractivity contribution in [2.75, 3.05) is 33.4 Å². The molecule has 4 rings (SSSR count). The number of fused-ring (bicyclic) bond motifs is 2. The van der Waals surface area contributed by atoms with Gasteiger partial charge in [0.1, 0.15) is 0 Å². The molecule has 0 radical (unpaired) electrons. The fourth-order valence-electron chi connectivity index (χ4n) is 4.67. The first kappa shape index (κ1) is 16.6. The summed E-state index contributed by atoms with van der Waals surface area (Å²) in [5, 5.41) is 7.22. The molecular formula is C18H26N4O3. The molecule has 7 nitrogen and oxygen atoms in total. The highest BCUT2D eigenvalue weighted by Gasteiger charge is 2.54. The highest BCUT2D eigenvalue weighted by atomic mass is 16.5. The van der Waals surface area contributed by atoms with Crippen molar-refractivity contribution in [3.8, 4) is 0 Å². The first-order valence-corrected chi connectivity index (χ1v) is 9.25. The van der Waals surface area contributed by atoms with Gasteiger partial charge in [-0.2, -0.15) is 5.10 Å². The molecule has 0 spiro atoms. The monoisotopic (exact) mass is 346 g/mol. The maximum atomic E-state index is 12.9. The van der Waals surface area contributed by atoms with Crippen molar-refractivity contribution in [3.63, 3.8) is 0 Å². The van der Waals surface area contributed by atoms with Crippen molar-refractivity contribution < 1.29 is 14.3 Å². The molecule has 7 heteroatoms. The smallest absolute Gasteiger partial charge is 0.228 e. The number of nitrogens with one attached hydrogen (secondary N) is 1. The molecule has 2 amide bonds. The number of rotatable bonds is 3. The minimum atomic E-state index is -0.485. The van der Waals surface area contributed by atoms with Gasteiger partial charge in [-0.25, -0.2) is 0 Å². The van der Waals surface area contributed by atoms with Crippen LogP contribution in [-0.4, -0.2) is 59.8 Å². The molecule has 1 N–H and O–H groups in total. The van der Waals surface area contributed by atoms with E-state index in [1.165, 1.54) is 5.69 Å². The maximum absolute atomic E-state index is 12.9. The number of hydrogen-bond acceptors (Lipinski definition) is 4. The molecule has 2 fully saturated rings. The Labute approximate surface area is 147 Å². The van der Waals surface area contributed by atoms with Crippen LogP contribution in [0.15, 0.2) is 6.20 Å². The van der Waals surface area contributed by atoms with Gasteiger partial charge in [0.05, 0.1) is 24.6 Å². The lowest BCUT2D eigenvalue weighted by Gasteiger charge is -2.36. The Hall–Kier alpha value is -1.89. The fourth-order valence-corrected chi connectivity index (χ4v) is 4.67. The maximum Gasteiger partial charge on any atom is 0.228 e. The largest absolute Gasteiger partial charge is 0.381 e. The average Bonchev–Trinajstić information content (AvgIpc) is 3.23. The van der Waals surface area contributed by atoms with E-state index in [4.69, 9.17) is 4.74 Å². The Kier molecular flexibility index (Phi) is 4.27. The van der Waals surface area contributed by atoms with Crippen LogP contribution in [-0.2, 0) is 33.7 Å². The number of carbonyl (C=O) groups is 2. The number of aromatic nitrogens is 2. The summed E-state index contributed by atoms with van der Waals surface area (Å²) in [6.45, 7) is 3.20. The van der Waals surface area contributed by atoms with Crippen LogP contribution < -0.4 is 5.32 Å². The van der Waals surface area contributed by atoms with Crippen molar-refractivity contribution in [1.82, 2.24) is 20.0 Å². The minimum absolute atomic E-state index is 0.0408. The summed E-state index contributed by atoms with van der Waals surface area (Å²) in [6, 6.07) is 0. The molecule has 2 atom stereocenters. The molecule has 2 saturated heterocycles. The third-order valence-electron chi connectivity index (χ3n) is 6.15. The number of hydrogen-bond donors (Lipinski definition) is 1. The van der Waals surface area contributed by atoms with Gasteiger partial charge in [-0.15, -0.1) is 0 Å². The molecule has 3 aliphatic rings. The predicted octanol–water partition coefficient (Wildman–Crippen LogP) is 0.373. The van der Waals surface area contributed by atoms with Crippen LogP contribution in [0.5, 0.6) is 0 Å². The molecule has 1 aromatic heterocycles. The van der Waals surface area contributed by atoms with Crippen LogP contribution in [0.1, 0.15) is 30.5 Å². The molecule has 1 aromatic rings. The standard InChI is InChI=1S/C18H26N4O3/c1-19-17(24)18-5-7-25-11-14(18)10-21(12-18)16(23)8-13-9-20-22-6-3-2-4-15(13)22/h9,14H,2-8,10-12H2,1H3,(H,19,24)/t14-,18+/m1/s1. The Morgan fingerprint density at radius 3 is 3.16 bits per heavy atom. The normalized spacial score (nSPS) is 28.4. The average molecular weight is 346 g/mol. The van der Waals surface area contributed by atoms with Gasteiger partial charge >= 0.3 is 0 Å². The Morgan fingerprint density at radius 2 is 2.32 bits per heavy atom. The van der Waals surface area contributed by atoms with Gasteiger partial charge in [0.25, 0.3) is 0 Å².